The van der Waals surface area contributed by atoms with Crippen molar-refractivity contribution in [2.45, 2.75) is 122 Å². The third-order valence-corrected chi connectivity index (χ3v) is 5.68. The van der Waals surface area contributed by atoms with Gasteiger partial charge in [0.15, 0.2) is 0 Å². The van der Waals surface area contributed by atoms with Crippen LogP contribution in [0, 0.1) is 0 Å². The molecule has 0 aromatic heterocycles. The Labute approximate surface area is 163 Å². The Morgan fingerprint density at radius 3 is 1.38 bits per heavy atom. The molecule has 0 atom stereocenters. The van der Waals surface area contributed by atoms with Gasteiger partial charge in [-0.3, -0.25) is 0 Å². The Hall–Kier alpha value is -0.980. The van der Waals surface area contributed by atoms with E-state index < -0.39 is 0 Å². The third-order valence-electron chi connectivity index (χ3n) is 5.68. The molecule has 0 aliphatic carbocycles. The summed E-state index contributed by atoms with van der Waals surface area (Å²) >= 11 is 0. The highest BCUT2D eigenvalue weighted by Crippen LogP contribution is 2.29. The number of hydrogen-bond acceptors (Lipinski definition) is 1. The highest BCUT2D eigenvalue weighted by Gasteiger charge is 2.11. The monoisotopic (exact) mass is 360 g/mol. The average Bonchev–Trinajstić information content (AvgIpc) is 2.65. The van der Waals surface area contributed by atoms with Crippen molar-refractivity contribution in [3.63, 3.8) is 0 Å². The smallest absolute Gasteiger partial charge is 0.115 e. The zero-order valence-electron chi connectivity index (χ0n) is 17.6. The van der Waals surface area contributed by atoms with E-state index in [4.69, 9.17) is 0 Å². The Kier molecular flexibility index (Phi) is 14.4. The summed E-state index contributed by atoms with van der Waals surface area (Å²) in [5.74, 6) is 1.07. The quantitative estimate of drug-likeness (QED) is 0.275. The summed E-state index contributed by atoms with van der Waals surface area (Å²) in [6, 6.07) is 8.00. The zero-order chi connectivity index (χ0) is 18.9. The van der Waals surface area contributed by atoms with Gasteiger partial charge in [0, 0.05) is 0 Å². The lowest BCUT2D eigenvalue weighted by molar-refractivity contribution is 0.471. The van der Waals surface area contributed by atoms with Crippen molar-refractivity contribution in [1.29, 1.82) is 0 Å². The molecule has 1 rings (SSSR count). The van der Waals surface area contributed by atoms with Gasteiger partial charge in [-0.25, -0.2) is 0 Å². The molecule has 1 heteroatoms. The molecule has 0 amide bonds. The van der Waals surface area contributed by atoms with Crippen LogP contribution < -0.4 is 0 Å². The molecule has 1 nitrogen and oxygen atoms in total. The van der Waals surface area contributed by atoms with Gasteiger partial charge in [-0.1, -0.05) is 116 Å². The van der Waals surface area contributed by atoms with Crippen LogP contribution in [-0.4, -0.2) is 5.11 Å². The van der Waals surface area contributed by atoms with Gasteiger partial charge in [-0.05, 0) is 36.5 Å². The number of benzene rings is 1. The summed E-state index contributed by atoms with van der Waals surface area (Å²) in [5.41, 5.74) is 1.43. The molecule has 0 fully saturated rings. The van der Waals surface area contributed by atoms with Crippen LogP contribution >= 0.6 is 0 Å². The summed E-state index contributed by atoms with van der Waals surface area (Å²) in [4.78, 5) is 0. The minimum Gasteiger partial charge on any atom is -0.508 e. The molecule has 1 N–H and O–H groups in total. The molecule has 0 saturated carbocycles. The largest absolute Gasteiger partial charge is 0.508 e. The number of phenolic OH excluding ortho intramolecular Hbond substituents is 1. The topological polar surface area (TPSA) is 20.2 Å². The molecular weight excluding hydrogens is 316 g/mol. The van der Waals surface area contributed by atoms with Gasteiger partial charge in [0.1, 0.15) is 5.75 Å². The van der Waals surface area contributed by atoms with Crippen LogP contribution in [0.4, 0.5) is 0 Å². The molecule has 0 saturated heterocycles. The van der Waals surface area contributed by atoms with E-state index in [-0.39, 0.29) is 0 Å². The first-order valence-electron chi connectivity index (χ1n) is 11.6. The number of hydrogen-bond donors (Lipinski definition) is 1. The van der Waals surface area contributed by atoms with Crippen LogP contribution in [0.15, 0.2) is 24.3 Å². The van der Waals surface area contributed by atoms with E-state index in [9.17, 15) is 5.11 Å². The van der Waals surface area contributed by atoms with Crippen LogP contribution in [0.2, 0.25) is 0 Å². The highest BCUT2D eigenvalue weighted by atomic mass is 16.3. The Morgan fingerprint density at radius 2 is 0.962 bits per heavy atom. The van der Waals surface area contributed by atoms with Crippen molar-refractivity contribution in [2.24, 2.45) is 0 Å². The number of rotatable bonds is 17. The maximum absolute atomic E-state index is 9.57. The molecule has 1 aromatic carbocycles. The predicted molar refractivity (Wildman–Crippen MR) is 116 cm³/mol. The fourth-order valence-electron chi connectivity index (χ4n) is 3.92. The van der Waals surface area contributed by atoms with Gasteiger partial charge in [0.05, 0.1) is 0 Å². The van der Waals surface area contributed by atoms with E-state index in [2.05, 4.69) is 26.0 Å². The minimum atomic E-state index is 0.388. The number of phenols is 1. The highest BCUT2D eigenvalue weighted by molar-refractivity contribution is 5.28. The molecule has 26 heavy (non-hydrogen) atoms. The molecule has 0 aliphatic heterocycles. The lowest BCUT2D eigenvalue weighted by atomic mass is 9.88. The molecule has 0 heterocycles. The van der Waals surface area contributed by atoms with Gasteiger partial charge in [-0.15, -0.1) is 0 Å². The maximum atomic E-state index is 9.57. The third kappa shape index (κ3) is 11.6. The van der Waals surface area contributed by atoms with E-state index in [0.29, 0.717) is 11.7 Å². The Morgan fingerprint density at radius 1 is 0.577 bits per heavy atom. The fraction of sp³-hybridized carbons (Fsp3) is 0.760. The van der Waals surface area contributed by atoms with Crippen LogP contribution in [-0.2, 0) is 0 Å². The van der Waals surface area contributed by atoms with Crippen molar-refractivity contribution in [2.75, 3.05) is 0 Å². The SMILES string of the molecule is CCCCCCCCCC(CCCCCCCCC)c1ccc(O)cc1. The van der Waals surface area contributed by atoms with Crippen LogP contribution in [0.1, 0.15) is 128 Å². The van der Waals surface area contributed by atoms with Gasteiger partial charge in [0.25, 0.3) is 0 Å². The maximum Gasteiger partial charge on any atom is 0.115 e. The van der Waals surface area contributed by atoms with Gasteiger partial charge in [-0.2, -0.15) is 0 Å². The second kappa shape index (κ2) is 16.2. The summed E-state index contributed by atoms with van der Waals surface area (Å²) in [6.45, 7) is 4.57. The number of aromatic hydroxyl groups is 1. The molecule has 1 aromatic rings. The Balaban J connectivity index is 2.29. The summed E-state index contributed by atoms with van der Waals surface area (Å²) in [5, 5.41) is 9.57. The van der Waals surface area contributed by atoms with Crippen molar-refractivity contribution in [3.8, 4) is 5.75 Å². The van der Waals surface area contributed by atoms with Crippen molar-refractivity contribution in [3.05, 3.63) is 29.8 Å². The summed E-state index contributed by atoms with van der Waals surface area (Å²) < 4.78 is 0. The first-order valence-corrected chi connectivity index (χ1v) is 11.6. The van der Waals surface area contributed by atoms with E-state index >= 15 is 0 Å². The predicted octanol–water partition coefficient (Wildman–Crippen LogP) is 8.76. The van der Waals surface area contributed by atoms with E-state index in [1.54, 1.807) is 0 Å². The second-order valence-electron chi connectivity index (χ2n) is 8.11. The van der Waals surface area contributed by atoms with Gasteiger partial charge < -0.3 is 5.11 Å². The van der Waals surface area contributed by atoms with Crippen molar-refractivity contribution < 1.29 is 5.11 Å². The average molecular weight is 361 g/mol. The second-order valence-corrected chi connectivity index (χ2v) is 8.11. The standard InChI is InChI=1S/C25H44O/c1-3-5-7-9-11-13-15-17-23(24-19-21-25(26)22-20-24)18-16-14-12-10-8-6-4-2/h19-23,26H,3-18H2,1-2H3. The first kappa shape index (κ1) is 23.1. The van der Waals surface area contributed by atoms with Gasteiger partial charge in [0.2, 0.25) is 0 Å². The van der Waals surface area contributed by atoms with E-state index in [1.165, 1.54) is 108 Å². The Bertz CT molecular complexity index is 391. The summed E-state index contributed by atoms with van der Waals surface area (Å²) in [6.07, 6.45) is 22.0. The number of unbranched alkanes of at least 4 members (excludes halogenated alkanes) is 12. The zero-order valence-corrected chi connectivity index (χ0v) is 17.6. The molecule has 150 valence electrons. The van der Waals surface area contributed by atoms with Crippen LogP contribution in [0.25, 0.3) is 0 Å². The van der Waals surface area contributed by atoms with Crippen molar-refractivity contribution >= 4 is 0 Å². The molecule has 0 unspecified atom stereocenters. The molecule has 0 bridgehead atoms. The van der Waals surface area contributed by atoms with Crippen molar-refractivity contribution in [1.82, 2.24) is 0 Å². The van der Waals surface area contributed by atoms with Crippen LogP contribution in [0.5, 0.6) is 5.75 Å². The molecule has 0 aliphatic rings. The lowest BCUT2D eigenvalue weighted by Crippen LogP contribution is -2.00. The molecule has 0 spiro atoms. The fourth-order valence-corrected chi connectivity index (χ4v) is 3.92. The first-order chi connectivity index (χ1) is 12.8. The van der Waals surface area contributed by atoms with E-state index in [1.807, 2.05) is 12.1 Å². The van der Waals surface area contributed by atoms with E-state index in [0.717, 1.165) is 0 Å². The normalized spacial score (nSPS) is 11.3. The molecular formula is C25H44O. The minimum absolute atomic E-state index is 0.388. The molecule has 0 radical (unpaired) electrons. The van der Waals surface area contributed by atoms with Gasteiger partial charge >= 0.3 is 0 Å². The lowest BCUT2D eigenvalue weighted by Gasteiger charge is -2.18. The van der Waals surface area contributed by atoms with Crippen LogP contribution in [0.3, 0.4) is 0 Å². The summed E-state index contributed by atoms with van der Waals surface area (Å²) in [7, 11) is 0.